The first-order valence-electron chi connectivity index (χ1n) is 10.8. The van der Waals surface area contributed by atoms with E-state index in [1.54, 1.807) is 7.05 Å². The fourth-order valence-electron chi connectivity index (χ4n) is 4.22. The average molecular weight is 462 g/mol. The molecule has 2 aliphatic rings. The number of halogens is 1. The molecular weight excluding hydrogens is 433 g/mol. The molecule has 2 heterocycles. The Morgan fingerprint density at radius 3 is 2.47 bits per heavy atom. The van der Waals surface area contributed by atoms with Crippen LogP contribution in [0.5, 0.6) is 0 Å². The Labute approximate surface area is 188 Å². The van der Waals surface area contributed by atoms with Crippen LogP contribution in [-0.4, -0.2) is 70.0 Å². The SMILES string of the molecule is CN(Cc1ccccc1N1CCCC1)C(=O)c1ccc(F)c(S(=O)(=O)N2CCOCC2)c1. The molecule has 0 spiro atoms. The molecule has 2 aromatic rings. The molecule has 9 heteroatoms. The maximum Gasteiger partial charge on any atom is 0.253 e. The van der Waals surface area contributed by atoms with E-state index in [-0.39, 0.29) is 37.8 Å². The summed E-state index contributed by atoms with van der Waals surface area (Å²) in [6, 6.07) is 11.5. The van der Waals surface area contributed by atoms with Gasteiger partial charge in [-0.05, 0) is 42.7 Å². The van der Waals surface area contributed by atoms with Crippen LogP contribution in [0.25, 0.3) is 0 Å². The van der Waals surface area contributed by atoms with E-state index in [0.717, 1.165) is 49.3 Å². The maximum absolute atomic E-state index is 14.5. The molecular formula is C23H28FN3O4S. The molecule has 2 aromatic carbocycles. The van der Waals surface area contributed by atoms with Crippen LogP contribution in [0.4, 0.5) is 10.1 Å². The summed E-state index contributed by atoms with van der Waals surface area (Å²) in [5.41, 5.74) is 2.27. The number of hydrogen-bond donors (Lipinski definition) is 0. The summed E-state index contributed by atoms with van der Waals surface area (Å²) in [6.45, 7) is 3.21. The minimum absolute atomic E-state index is 0.138. The monoisotopic (exact) mass is 461 g/mol. The number of nitrogens with zero attached hydrogens (tertiary/aromatic N) is 3. The molecule has 0 bridgehead atoms. The molecule has 2 saturated heterocycles. The first-order chi connectivity index (χ1) is 15.4. The second kappa shape index (κ2) is 9.56. The Bertz CT molecular complexity index is 1080. The Balaban J connectivity index is 1.56. The predicted octanol–water partition coefficient (Wildman–Crippen LogP) is 2.72. The minimum atomic E-state index is -4.05. The number of carbonyl (C=O) groups excluding carboxylic acids is 1. The van der Waals surface area contributed by atoms with Gasteiger partial charge in [0.15, 0.2) is 0 Å². The van der Waals surface area contributed by atoms with E-state index >= 15 is 0 Å². The molecule has 0 aromatic heterocycles. The number of ether oxygens (including phenoxy) is 1. The molecule has 0 atom stereocenters. The largest absolute Gasteiger partial charge is 0.379 e. The Morgan fingerprint density at radius 2 is 1.75 bits per heavy atom. The molecule has 0 aliphatic carbocycles. The minimum Gasteiger partial charge on any atom is -0.379 e. The van der Waals surface area contributed by atoms with Crippen LogP contribution in [0.15, 0.2) is 47.4 Å². The van der Waals surface area contributed by atoms with Crippen molar-refractivity contribution in [2.24, 2.45) is 0 Å². The third-order valence-corrected chi connectivity index (χ3v) is 7.87. The zero-order chi connectivity index (χ0) is 22.7. The van der Waals surface area contributed by atoms with Crippen LogP contribution in [0.3, 0.4) is 0 Å². The number of para-hydroxylation sites is 1. The Morgan fingerprint density at radius 1 is 1.06 bits per heavy atom. The molecule has 0 saturated carbocycles. The highest BCUT2D eigenvalue weighted by Gasteiger charge is 2.30. The molecule has 0 N–H and O–H groups in total. The van der Waals surface area contributed by atoms with Crippen molar-refractivity contribution in [3.05, 3.63) is 59.4 Å². The van der Waals surface area contributed by atoms with Crippen LogP contribution in [0.2, 0.25) is 0 Å². The number of anilines is 1. The van der Waals surface area contributed by atoms with Crippen molar-refractivity contribution in [1.82, 2.24) is 9.21 Å². The highest BCUT2D eigenvalue weighted by molar-refractivity contribution is 7.89. The lowest BCUT2D eigenvalue weighted by molar-refractivity contribution is 0.0729. The van der Waals surface area contributed by atoms with Crippen LogP contribution in [-0.2, 0) is 21.3 Å². The molecule has 2 fully saturated rings. The van der Waals surface area contributed by atoms with E-state index in [2.05, 4.69) is 11.0 Å². The Hall–Kier alpha value is -2.49. The van der Waals surface area contributed by atoms with Gasteiger partial charge < -0.3 is 14.5 Å². The topological polar surface area (TPSA) is 70.2 Å². The summed E-state index contributed by atoms with van der Waals surface area (Å²) in [7, 11) is -2.38. The van der Waals surface area contributed by atoms with E-state index in [0.29, 0.717) is 6.54 Å². The van der Waals surface area contributed by atoms with Crippen LogP contribution in [0, 0.1) is 5.82 Å². The van der Waals surface area contributed by atoms with Gasteiger partial charge in [0.05, 0.1) is 13.2 Å². The standard InChI is InChI=1S/C23H28FN3O4S/c1-25(17-19-6-2-3-7-21(19)26-10-4-5-11-26)23(28)18-8-9-20(24)22(16-18)32(29,30)27-12-14-31-15-13-27/h2-3,6-9,16H,4-5,10-15,17H2,1H3. The Kier molecular flexibility index (Phi) is 6.78. The molecule has 4 rings (SSSR count). The molecule has 0 unspecified atom stereocenters. The fourth-order valence-corrected chi connectivity index (χ4v) is 5.72. The smallest absolute Gasteiger partial charge is 0.253 e. The molecule has 0 radical (unpaired) electrons. The van der Waals surface area contributed by atoms with Crippen molar-refractivity contribution >= 4 is 21.6 Å². The lowest BCUT2D eigenvalue weighted by Crippen LogP contribution is -2.41. The van der Waals surface area contributed by atoms with Gasteiger partial charge >= 0.3 is 0 Å². The third-order valence-electron chi connectivity index (χ3n) is 5.96. The van der Waals surface area contributed by atoms with E-state index in [4.69, 9.17) is 4.74 Å². The van der Waals surface area contributed by atoms with Gasteiger partial charge in [-0.3, -0.25) is 4.79 Å². The molecule has 172 valence electrons. The first-order valence-corrected chi connectivity index (χ1v) is 12.3. The van der Waals surface area contributed by atoms with Crippen molar-refractivity contribution < 1.29 is 22.3 Å². The summed E-state index contributed by atoms with van der Waals surface area (Å²) >= 11 is 0. The van der Waals surface area contributed by atoms with E-state index in [1.165, 1.54) is 15.3 Å². The van der Waals surface area contributed by atoms with Crippen LogP contribution in [0.1, 0.15) is 28.8 Å². The van der Waals surface area contributed by atoms with Crippen LogP contribution < -0.4 is 4.90 Å². The quantitative estimate of drug-likeness (QED) is 0.662. The second-order valence-corrected chi connectivity index (χ2v) is 10.1. The summed E-state index contributed by atoms with van der Waals surface area (Å²) in [5.74, 6) is -1.23. The van der Waals surface area contributed by atoms with Gasteiger partial charge in [0, 0.05) is 51.0 Å². The number of amides is 1. The van der Waals surface area contributed by atoms with Crippen molar-refractivity contribution in [3.63, 3.8) is 0 Å². The lowest BCUT2D eigenvalue weighted by atomic mass is 10.1. The number of morpholine rings is 1. The maximum atomic E-state index is 14.5. The first kappa shape index (κ1) is 22.7. The van der Waals surface area contributed by atoms with Gasteiger partial charge in [-0.15, -0.1) is 0 Å². The highest BCUT2D eigenvalue weighted by Crippen LogP contribution is 2.27. The van der Waals surface area contributed by atoms with E-state index in [1.807, 2.05) is 18.2 Å². The molecule has 7 nitrogen and oxygen atoms in total. The average Bonchev–Trinajstić information content (AvgIpc) is 3.34. The van der Waals surface area contributed by atoms with Gasteiger partial charge in [-0.2, -0.15) is 4.31 Å². The second-order valence-electron chi connectivity index (χ2n) is 8.15. The van der Waals surface area contributed by atoms with Gasteiger partial charge in [0.2, 0.25) is 10.0 Å². The number of sulfonamides is 1. The number of benzene rings is 2. The van der Waals surface area contributed by atoms with Gasteiger partial charge in [0.25, 0.3) is 5.91 Å². The van der Waals surface area contributed by atoms with Crippen molar-refractivity contribution in [1.29, 1.82) is 0 Å². The summed E-state index contributed by atoms with van der Waals surface area (Å²) in [4.78, 5) is 16.5. The van der Waals surface area contributed by atoms with Crippen molar-refractivity contribution in [2.45, 2.75) is 24.3 Å². The zero-order valence-corrected chi connectivity index (χ0v) is 19.0. The lowest BCUT2D eigenvalue weighted by Gasteiger charge is -2.26. The van der Waals surface area contributed by atoms with E-state index in [9.17, 15) is 17.6 Å². The van der Waals surface area contributed by atoms with Gasteiger partial charge in [-0.1, -0.05) is 18.2 Å². The van der Waals surface area contributed by atoms with Gasteiger partial charge in [0.1, 0.15) is 10.7 Å². The fraction of sp³-hybridized carbons (Fsp3) is 0.435. The molecule has 1 amide bonds. The summed E-state index contributed by atoms with van der Waals surface area (Å²) in [5, 5.41) is 0. The van der Waals surface area contributed by atoms with E-state index < -0.39 is 20.7 Å². The number of hydrogen-bond acceptors (Lipinski definition) is 5. The third kappa shape index (κ3) is 4.65. The summed E-state index contributed by atoms with van der Waals surface area (Å²) in [6.07, 6.45) is 2.30. The molecule has 32 heavy (non-hydrogen) atoms. The van der Waals surface area contributed by atoms with Crippen molar-refractivity contribution in [3.8, 4) is 0 Å². The summed E-state index contributed by atoms with van der Waals surface area (Å²) < 4.78 is 46.7. The highest BCUT2D eigenvalue weighted by atomic mass is 32.2. The van der Waals surface area contributed by atoms with Crippen molar-refractivity contribution in [2.75, 3.05) is 51.3 Å². The number of carbonyl (C=O) groups is 1. The normalized spacial score (nSPS) is 17.5. The predicted molar refractivity (Wildman–Crippen MR) is 120 cm³/mol. The zero-order valence-electron chi connectivity index (χ0n) is 18.2. The molecule has 2 aliphatic heterocycles. The number of rotatable bonds is 6. The van der Waals surface area contributed by atoms with Gasteiger partial charge in [-0.25, -0.2) is 12.8 Å². The van der Waals surface area contributed by atoms with Crippen LogP contribution >= 0.6 is 0 Å².